The molecule has 6 nitrogen and oxygen atoms in total. The van der Waals surface area contributed by atoms with Gasteiger partial charge in [0, 0.05) is 25.9 Å². The molecule has 0 bridgehead atoms. The zero-order valence-corrected chi connectivity index (χ0v) is 26.1. The van der Waals surface area contributed by atoms with Crippen LogP contribution in [-0.2, 0) is 41.8 Å². The minimum Gasteiger partial charge on any atom is -0.455 e. The average molecular weight is 650 g/mol. The molecule has 0 atom stereocenters. The summed E-state index contributed by atoms with van der Waals surface area (Å²) in [5, 5.41) is 2.54. The SMILES string of the molecule is NCc1cccc(Oc2ccccc2N(Cc2ccc3c(c2)Cc2ccccc2-3)C(=O)CCC(=O)NCc2ccccc2C(F)(F)F)c1. The number of alkyl halides is 3. The summed E-state index contributed by atoms with van der Waals surface area (Å²) in [6, 6.07) is 34.1. The van der Waals surface area contributed by atoms with Crippen molar-refractivity contribution >= 4 is 17.5 Å². The zero-order chi connectivity index (χ0) is 33.7. The Hall–Kier alpha value is -5.41. The summed E-state index contributed by atoms with van der Waals surface area (Å²) in [5.41, 5.74) is 12.1. The molecule has 0 fully saturated rings. The van der Waals surface area contributed by atoms with Crippen molar-refractivity contribution in [2.75, 3.05) is 4.90 Å². The quantitative estimate of drug-likeness (QED) is 0.148. The fourth-order valence-electron chi connectivity index (χ4n) is 6.01. The molecular formula is C39H34F3N3O3. The highest BCUT2D eigenvalue weighted by molar-refractivity contribution is 5.96. The minimum atomic E-state index is -4.54. The number of hydrogen-bond donors (Lipinski definition) is 2. The van der Waals surface area contributed by atoms with Gasteiger partial charge in [-0.2, -0.15) is 13.2 Å². The van der Waals surface area contributed by atoms with Gasteiger partial charge >= 0.3 is 6.18 Å². The Morgan fingerprint density at radius 1 is 0.771 bits per heavy atom. The van der Waals surface area contributed by atoms with Crippen LogP contribution < -0.4 is 20.7 Å². The van der Waals surface area contributed by atoms with Gasteiger partial charge in [0.05, 0.1) is 17.8 Å². The van der Waals surface area contributed by atoms with Gasteiger partial charge < -0.3 is 20.7 Å². The molecule has 5 aromatic carbocycles. The van der Waals surface area contributed by atoms with E-state index in [1.54, 1.807) is 17.0 Å². The van der Waals surface area contributed by atoms with E-state index >= 15 is 0 Å². The number of para-hydroxylation sites is 2. The van der Waals surface area contributed by atoms with Crippen LogP contribution >= 0.6 is 0 Å². The maximum absolute atomic E-state index is 14.0. The lowest BCUT2D eigenvalue weighted by molar-refractivity contribution is -0.138. The highest BCUT2D eigenvalue weighted by Crippen LogP contribution is 2.38. The molecule has 3 N–H and O–H groups in total. The van der Waals surface area contributed by atoms with Crippen molar-refractivity contribution in [3.05, 3.63) is 149 Å². The number of amides is 2. The second kappa shape index (κ2) is 14.1. The van der Waals surface area contributed by atoms with Gasteiger partial charge in [-0.1, -0.05) is 84.9 Å². The molecule has 2 amide bonds. The molecule has 1 aliphatic rings. The number of rotatable bonds is 11. The Morgan fingerprint density at radius 3 is 2.35 bits per heavy atom. The summed E-state index contributed by atoms with van der Waals surface area (Å²) in [6.07, 6.45) is -4.12. The number of nitrogens with one attached hydrogen (secondary N) is 1. The third-order valence-corrected chi connectivity index (χ3v) is 8.38. The number of anilines is 1. The Bertz CT molecular complexity index is 1960. The van der Waals surface area contributed by atoms with Crippen LogP contribution in [0.1, 0.15) is 46.2 Å². The second-order valence-electron chi connectivity index (χ2n) is 11.7. The summed E-state index contributed by atoms with van der Waals surface area (Å²) in [4.78, 5) is 28.4. The Kier molecular flexibility index (Phi) is 9.59. The third kappa shape index (κ3) is 7.42. The van der Waals surface area contributed by atoms with Crippen LogP contribution in [0.25, 0.3) is 11.1 Å². The molecule has 0 saturated heterocycles. The zero-order valence-electron chi connectivity index (χ0n) is 26.1. The van der Waals surface area contributed by atoms with Crippen molar-refractivity contribution in [2.24, 2.45) is 5.73 Å². The summed E-state index contributed by atoms with van der Waals surface area (Å²) < 4.78 is 46.6. The first-order valence-electron chi connectivity index (χ1n) is 15.7. The molecule has 1 aliphatic carbocycles. The lowest BCUT2D eigenvalue weighted by Gasteiger charge is -2.26. The molecule has 0 aliphatic heterocycles. The molecule has 0 unspecified atom stereocenters. The molecule has 0 radical (unpaired) electrons. The Balaban J connectivity index is 1.23. The maximum atomic E-state index is 14.0. The van der Waals surface area contributed by atoms with Crippen molar-refractivity contribution in [3.8, 4) is 22.6 Å². The van der Waals surface area contributed by atoms with Crippen LogP contribution in [0.3, 0.4) is 0 Å². The van der Waals surface area contributed by atoms with E-state index < -0.39 is 17.6 Å². The largest absolute Gasteiger partial charge is 0.455 e. The molecule has 0 spiro atoms. The van der Waals surface area contributed by atoms with Crippen LogP contribution in [-0.4, -0.2) is 11.8 Å². The van der Waals surface area contributed by atoms with Crippen molar-refractivity contribution in [3.63, 3.8) is 0 Å². The standard InChI is InChI=1S/C39H34F3N3O3/c40-39(41,42)34-13-4-2-10-29(34)24-44-37(46)18-19-38(47)45(25-27-16-17-33-30(20-27)22-28-9-1-3-12-32(28)33)35-14-5-6-15-36(35)48-31-11-7-8-26(21-31)23-43/h1-17,20-21H,18-19,22-25,43H2,(H,44,46). The van der Waals surface area contributed by atoms with E-state index in [0.717, 1.165) is 23.6 Å². The molecule has 244 valence electrons. The van der Waals surface area contributed by atoms with Gasteiger partial charge in [0.15, 0.2) is 5.75 Å². The number of fused-ring (bicyclic) bond motifs is 3. The van der Waals surface area contributed by atoms with Crippen LogP contribution in [0, 0.1) is 0 Å². The topological polar surface area (TPSA) is 84.7 Å². The minimum absolute atomic E-state index is 0.0464. The van der Waals surface area contributed by atoms with E-state index in [2.05, 4.69) is 29.6 Å². The number of carbonyl (C=O) groups is 2. The first kappa shape index (κ1) is 32.5. The number of nitrogens with zero attached hydrogens (tertiary/aromatic N) is 1. The normalized spacial score (nSPS) is 11.8. The van der Waals surface area contributed by atoms with Crippen LogP contribution in [0.4, 0.5) is 18.9 Å². The highest BCUT2D eigenvalue weighted by Gasteiger charge is 2.33. The van der Waals surface area contributed by atoms with Gasteiger partial charge in [-0.05, 0) is 75.7 Å². The second-order valence-corrected chi connectivity index (χ2v) is 11.7. The van der Waals surface area contributed by atoms with Gasteiger partial charge in [-0.15, -0.1) is 0 Å². The van der Waals surface area contributed by atoms with Gasteiger partial charge in [0.2, 0.25) is 11.8 Å². The number of carbonyl (C=O) groups excluding carboxylic acids is 2. The Labute approximate surface area is 277 Å². The predicted octanol–water partition coefficient (Wildman–Crippen LogP) is 8.16. The lowest BCUT2D eigenvalue weighted by Crippen LogP contribution is -2.32. The first-order valence-corrected chi connectivity index (χ1v) is 15.7. The number of hydrogen-bond acceptors (Lipinski definition) is 4. The molecular weight excluding hydrogens is 615 g/mol. The van der Waals surface area contributed by atoms with Gasteiger partial charge in [-0.3, -0.25) is 9.59 Å². The van der Waals surface area contributed by atoms with Crippen molar-refractivity contribution in [1.82, 2.24) is 5.32 Å². The van der Waals surface area contributed by atoms with E-state index in [4.69, 9.17) is 10.5 Å². The van der Waals surface area contributed by atoms with Crippen LogP contribution in [0.15, 0.2) is 115 Å². The lowest BCUT2D eigenvalue weighted by atomic mass is 10.0. The summed E-state index contributed by atoms with van der Waals surface area (Å²) in [7, 11) is 0. The number of benzene rings is 5. The maximum Gasteiger partial charge on any atom is 0.416 e. The predicted molar refractivity (Wildman–Crippen MR) is 179 cm³/mol. The van der Waals surface area contributed by atoms with Gasteiger partial charge in [0.25, 0.3) is 0 Å². The first-order chi connectivity index (χ1) is 23.2. The number of nitrogens with two attached hydrogens (primary N) is 1. The van der Waals surface area contributed by atoms with E-state index in [0.29, 0.717) is 23.7 Å². The van der Waals surface area contributed by atoms with E-state index in [9.17, 15) is 22.8 Å². The average Bonchev–Trinajstić information content (AvgIpc) is 3.46. The van der Waals surface area contributed by atoms with Crippen molar-refractivity contribution < 1.29 is 27.5 Å². The fraction of sp³-hybridized carbons (Fsp3) is 0.179. The van der Waals surface area contributed by atoms with E-state index in [1.807, 2.05) is 54.6 Å². The Morgan fingerprint density at radius 2 is 1.52 bits per heavy atom. The molecule has 0 saturated carbocycles. The van der Waals surface area contributed by atoms with Crippen LogP contribution in [0.5, 0.6) is 11.5 Å². The van der Waals surface area contributed by atoms with Crippen molar-refractivity contribution in [1.29, 1.82) is 0 Å². The van der Waals surface area contributed by atoms with E-state index in [-0.39, 0.29) is 37.4 Å². The van der Waals surface area contributed by atoms with E-state index in [1.165, 1.54) is 40.5 Å². The van der Waals surface area contributed by atoms with Crippen LogP contribution in [0.2, 0.25) is 0 Å². The number of halogens is 3. The number of ether oxygens (including phenoxy) is 1. The highest BCUT2D eigenvalue weighted by atomic mass is 19.4. The monoisotopic (exact) mass is 649 g/mol. The fourth-order valence-corrected chi connectivity index (χ4v) is 6.01. The summed E-state index contributed by atoms with van der Waals surface area (Å²) >= 11 is 0. The molecule has 0 heterocycles. The molecule has 48 heavy (non-hydrogen) atoms. The molecule has 9 heteroatoms. The van der Waals surface area contributed by atoms with Gasteiger partial charge in [-0.25, -0.2) is 0 Å². The third-order valence-electron chi connectivity index (χ3n) is 8.38. The summed E-state index contributed by atoms with van der Waals surface area (Å²) in [6.45, 7) is 0.254. The molecule has 0 aromatic heterocycles. The smallest absolute Gasteiger partial charge is 0.416 e. The molecule has 5 aromatic rings. The summed E-state index contributed by atoms with van der Waals surface area (Å²) in [5.74, 6) is 0.142. The molecule has 6 rings (SSSR count). The van der Waals surface area contributed by atoms with Gasteiger partial charge in [0.1, 0.15) is 5.75 Å². The van der Waals surface area contributed by atoms with Crippen molar-refractivity contribution in [2.45, 2.75) is 45.1 Å².